The number of halogens is 8. The van der Waals surface area contributed by atoms with E-state index in [0.29, 0.717) is 69.9 Å². The molecule has 13 nitrogen and oxygen atoms in total. The van der Waals surface area contributed by atoms with E-state index in [4.69, 9.17) is 38.8 Å². The highest BCUT2D eigenvalue weighted by atomic mass is 35.5. The number of hydrogen-bond donors (Lipinski definition) is 4. The quantitative estimate of drug-likeness (QED) is 0.103. The van der Waals surface area contributed by atoms with Crippen LogP contribution in [0.3, 0.4) is 0 Å². The van der Waals surface area contributed by atoms with Gasteiger partial charge in [0.2, 0.25) is 0 Å². The molecule has 2 aliphatic rings. The van der Waals surface area contributed by atoms with E-state index < -0.39 is 58.9 Å². The Morgan fingerprint density at radius 2 is 1.23 bits per heavy atom. The third-order valence-corrected chi connectivity index (χ3v) is 12.4. The van der Waals surface area contributed by atoms with Crippen LogP contribution in [0.25, 0.3) is 22.5 Å². The Labute approximate surface area is 412 Å². The van der Waals surface area contributed by atoms with Gasteiger partial charge >= 0.3 is 12.1 Å². The zero-order valence-corrected chi connectivity index (χ0v) is 39.2. The summed E-state index contributed by atoms with van der Waals surface area (Å²) < 4.78 is 89.8. The van der Waals surface area contributed by atoms with E-state index in [1.54, 1.807) is 20.2 Å². The van der Waals surface area contributed by atoms with Crippen LogP contribution in [0.1, 0.15) is 49.2 Å². The molecular weight excluding hydrogens is 977 g/mol. The van der Waals surface area contributed by atoms with Gasteiger partial charge in [0.15, 0.2) is 23.3 Å². The molecule has 0 spiro atoms. The van der Waals surface area contributed by atoms with Crippen molar-refractivity contribution in [1.82, 2.24) is 35.1 Å². The normalized spacial score (nSPS) is 17.2. The van der Waals surface area contributed by atoms with Crippen LogP contribution in [0.5, 0.6) is 0 Å². The van der Waals surface area contributed by atoms with E-state index >= 15 is 0 Å². The molecule has 5 N–H and O–H groups in total. The van der Waals surface area contributed by atoms with Crippen LogP contribution in [0.4, 0.5) is 31.1 Å². The fourth-order valence-corrected chi connectivity index (χ4v) is 8.76. The third kappa shape index (κ3) is 12.2. The van der Waals surface area contributed by atoms with Gasteiger partial charge in [-0.25, -0.2) is 35.9 Å². The molecule has 9 rings (SSSR count). The van der Waals surface area contributed by atoms with Gasteiger partial charge in [0.05, 0.1) is 45.0 Å². The molecule has 2 amide bonds. The summed E-state index contributed by atoms with van der Waals surface area (Å²) in [5, 5.41) is 23.3. The van der Waals surface area contributed by atoms with Crippen LogP contribution in [-0.2, 0) is 25.4 Å². The number of aromatic nitrogens is 4. The van der Waals surface area contributed by atoms with Crippen molar-refractivity contribution in [2.75, 3.05) is 26.2 Å². The lowest BCUT2D eigenvalue weighted by molar-refractivity contribution is 0.0691. The first-order valence-corrected chi connectivity index (χ1v) is 22.5. The molecule has 21 heteroatoms. The largest absolute Gasteiger partial charge is 0.478 e. The van der Waals surface area contributed by atoms with Gasteiger partial charge in [-0.15, -0.1) is 0 Å². The van der Waals surface area contributed by atoms with Crippen molar-refractivity contribution in [1.29, 1.82) is 0 Å². The number of aromatic carboxylic acids is 1. The second kappa shape index (κ2) is 22.7. The van der Waals surface area contributed by atoms with Crippen LogP contribution < -0.4 is 16.4 Å². The van der Waals surface area contributed by atoms with E-state index in [0.717, 1.165) is 35.9 Å². The molecule has 5 aromatic carbocycles. The fourth-order valence-electron chi connectivity index (χ4n) is 8.21. The highest BCUT2D eigenvalue weighted by Crippen LogP contribution is 2.32. The number of nitrogens with one attached hydrogen (secondary N) is 2. The van der Waals surface area contributed by atoms with E-state index in [1.165, 1.54) is 63.1 Å². The van der Waals surface area contributed by atoms with Gasteiger partial charge < -0.3 is 31.1 Å². The molecule has 0 saturated carbocycles. The molecule has 4 heterocycles. The smallest absolute Gasteiger partial charge is 0.410 e. The molecule has 0 aliphatic carbocycles. The lowest BCUT2D eigenvalue weighted by atomic mass is 9.94. The number of nitrogens with two attached hydrogens (primary N) is 1. The van der Waals surface area contributed by atoms with Crippen molar-refractivity contribution in [3.63, 3.8) is 0 Å². The van der Waals surface area contributed by atoms with Crippen molar-refractivity contribution in [2.24, 2.45) is 19.8 Å². The zero-order chi connectivity index (χ0) is 51.1. The maximum Gasteiger partial charge on any atom is 0.410 e. The number of carbonyl (C=O) groups excluding carboxylic acids is 2. The second-order valence-electron chi connectivity index (χ2n) is 16.5. The SMILES string of the molecule is Cn1ncc(Cl)c1-c1ccc(C(=O)NC2CNCC2c2ccc(F)c(F)c2)c(F)c1.Cn1ncc(Cl)c1-c1ccc(C(=O)O)c(F)c1.N[C@@H]1CN(C(=O)OCc2ccccc2)C[C@H]1c1ccc(F)c(F)c1. The first-order chi connectivity index (χ1) is 33.9. The number of carboxylic acid groups (broad SMARTS) is 1. The van der Waals surface area contributed by atoms with Crippen molar-refractivity contribution in [3.05, 3.63) is 188 Å². The predicted molar refractivity (Wildman–Crippen MR) is 253 cm³/mol. The highest BCUT2D eigenvalue weighted by Gasteiger charge is 2.35. The lowest BCUT2D eigenvalue weighted by Gasteiger charge is -2.21. The Kier molecular flexibility index (Phi) is 16.5. The molecule has 370 valence electrons. The molecule has 71 heavy (non-hydrogen) atoms. The Morgan fingerprint density at radius 1 is 0.690 bits per heavy atom. The van der Waals surface area contributed by atoms with E-state index in [1.807, 2.05) is 30.3 Å². The average Bonchev–Trinajstić information content (AvgIpc) is 4.14. The first-order valence-electron chi connectivity index (χ1n) is 21.7. The summed E-state index contributed by atoms with van der Waals surface area (Å²) in [6, 6.07) is 24.1. The summed E-state index contributed by atoms with van der Waals surface area (Å²) in [7, 11) is 3.36. The number of benzene rings is 5. The zero-order valence-electron chi connectivity index (χ0n) is 37.7. The van der Waals surface area contributed by atoms with Crippen molar-refractivity contribution in [2.45, 2.75) is 30.5 Å². The summed E-state index contributed by atoms with van der Waals surface area (Å²) in [6.07, 6.45) is 2.44. The van der Waals surface area contributed by atoms with Gasteiger partial charge in [-0.05, 0) is 65.2 Å². The minimum Gasteiger partial charge on any atom is -0.478 e. The number of hydrogen-bond acceptors (Lipinski definition) is 8. The Bertz CT molecular complexity index is 3030. The van der Waals surface area contributed by atoms with Gasteiger partial charge in [-0.2, -0.15) is 10.2 Å². The molecule has 2 saturated heterocycles. The number of carbonyl (C=O) groups is 3. The summed E-state index contributed by atoms with van der Waals surface area (Å²) >= 11 is 12.0. The van der Waals surface area contributed by atoms with Crippen LogP contribution in [0.15, 0.2) is 116 Å². The maximum absolute atomic E-state index is 14.7. The molecule has 2 unspecified atom stereocenters. The van der Waals surface area contributed by atoms with Crippen molar-refractivity contribution >= 4 is 41.2 Å². The lowest BCUT2D eigenvalue weighted by Crippen LogP contribution is -2.39. The fraction of sp³-hybridized carbons (Fsp3) is 0.220. The molecule has 4 atom stereocenters. The molecule has 0 bridgehead atoms. The third-order valence-electron chi connectivity index (χ3n) is 11.9. The topological polar surface area (TPSA) is 170 Å². The van der Waals surface area contributed by atoms with Crippen LogP contribution in [0.2, 0.25) is 10.0 Å². The molecule has 7 aromatic rings. The van der Waals surface area contributed by atoms with Gasteiger partial charge in [-0.3, -0.25) is 14.2 Å². The Balaban J connectivity index is 0.000000163. The predicted octanol–water partition coefficient (Wildman–Crippen LogP) is 9.25. The number of likely N-dealkylation sites (tertiary alicyclic amines) is 1. The summed E-state index contributed by atoms with van der Waals surface area (Å²) in [5.41, 5.74) is 9.69. The summed E-state index contributed by atoms with van der Waals surface area (Å²) in [5.74, 6) is -7.58. The van der Waals surface area contributed by atoms with Crippen LogP contribution >= 0.6 is 23.2 Å². The maximum atomic E-state index is 14.7. The Hall–Kier alpha value is -7.19. The summed E-state index contributed by atoms with van der Waals surface area (Å²) in [6.45, 7) is 1.73. The van der Waals surface area contributed by atoms with Gasteiger partial charge in [0.25, 0.3) is 5.91 Å². The highest BCUT2D eigenvalue weighted by molar-refractivity contribution is 6.33. The van der Waals surface area contributed by atoms with Crippen molar-refractivity contribution in [3.8, 4) is 22.5 Å². The number of carboxylic acids is 1. The monoisotopic (exact) mass is 1020 g/mol. The van der Waals surface area contributed by atoms with Gasteiger partial charge in [0.1, 0.15) is 18.2 Å². The standard InChI is InChI=1S/C21H18ClF3N4O.C18H18F2N2O2.C11H8ClFN2O2/c1-29-20(15(22)9-27-29)12-2-4-13(17(24)7-12)21(30)28-19-10-26-8-14(19)11-3-5-16(23)18(25)6-11;19-15-7-6-13(8-16(15)20)14-9-22(10-17(14)21)18(23)24-11-12-4-2-1-3-5-12;1-15-10(8(12)5-14-15)6-2-3-7(11(16)17)9(13)4-6/h2-7,9,14,19,26H,8,10H2,1H3,(H,28,30);1-8,14,17H,9-11,21H2;2-5H,1H3,(H,16,17)/t;14-,17+;/m.0./s1. The summed E-state index contributed by atoms with van der Waals surface area (Å²) in [4.78, 5) is 37.0. The molecule has 0 radical (unpaired) electrons. The number of ether oxygens (including phenoxy) is 1. The molecular formula is C50H44Cl2F6N8O5. The van der Waals surface area contributed by atoms with E-state index in [9.17, 15) is 40.7 Å². The Morgan fingerprint density at radius 3 is 1.72 bits per heavy atom. The number of rotatable bonds is 9. The second-order valence-corrected chi connectivity index (χ2v) is 17.3. The van der Waals surface area contributed by atoms with Gasteiger partial charge in [-0.1, -0.05) is 77.8 Å². The molecule has 2 aliphatic heterocycles. The first kappa shape index (κ1) is 51.7. The number of amides is 2. The molecule has 2 aromatic heterocycles. The van der Waals surface area contributed by atoms with E-state index in [2.05, 4.69) is 20.8 Å². The van der Waals surface area contributed by atoms with Crippen LogP contribution in [0, 0.1) is 34.9 Å². The van der Waals surface area contributed by atoms with Crippen molar-refractivity contribution < 1.29 is 50.6 Å². The number of nitrogens with zero attached hydrogens (tertiary/aromatic N) is 5. The average molecular weight is 1020 g/mol. The van der Waals surface area contributed by atoms with Gasteiger partial charge in [0, 0.05) is 75.3 Å². The van der Waals surface area contributed by atoms with Crippen LogP contribution in [-0.4, -0.2) is 85.8 Å². The van der Waals surface area contributed by atoms with E-state index in [-0.39, 0.29) is 35.6 Å². The molecule has 2 fully saturated rings. The number of aryl methyl sites for hydroxylation is 2. The minimum absolute atomic E-state index is 0.118. The minimum atomic E-state index is -1.30.